The number of rotatable bonds is 4. The second kappa shape index (κ2) is 5.83. The number of carbonyl (C=O) groups is 1. The van der Waals surface area contributed by atoms with Crippen molar-refractivity contribution in [2.45, 2.75) is 31.2 Å². The summed E-state index contributed by atoms with van der Waals surface area (Å²) in [7, 11) is -3.70. The monoisotopic (exact) mass is 271 g/mol. The number of anilines is 1. The van der Waals surface area contributed by atoms with Crippen LogP contribution in [0.5, 0.6) is 0 Å². The zero-order valence-electron chi connectivity index (χ0n) is 10.3. The van der Waals surface area contributed by atoms with Gasteiger partial charge in [-0.2, -0.15) is 0 Å². The molecule has 0 aliphatic heterocycles. The highest BCUT2D eigenvalue weighted by Crippen LogP contribution is 2.12. The highest BCUT2D eigenvalue weighted by molar-refractivity contribution is 7.89. The smallest absolute Gasteiger partial charge is 0.319 e. The number of hydrogen-bond donors (Lipinski definition) is 3. The van der Waals surface area contributed by atoms with Gasteiger partial charge in [0.1, 0.15) is 0 Å². The standard InChI is InChI=1S/C11H17N3O3S/c1-3-8(2)13-11(15)14-9-4-6-10(7-5-9)18(12,16)17/h4-8H,3H2,1-2H3,(H2,12,16,17)(H2,13,14,15). The molecule has 1 aromatic carbocycles. The predicted molar refractivity (Wildman–Crippen MR) is 69.7 cm³/mol. The van der Waals surface area contributed by atoms with Crippen LogP contribution in [0, 0.1) is 0 Å². The first-order chi connectivity index (χ1) is 8.32. The van der Waals surface area contributed by atoms with Crippen LogP contribution in [0.1, 0.15) is 20.3 Å². The number of hydrogen-bond acceptors (Lipinski definition) is 3. The predicted octanol–water partition coefficient (Wildman–Crippen LogP) is 1.25. The van der Waals surface area contributed by atoms with Crippen molar-refractivity contribution in [1.29, 1.82) is 0 Å². The molecule has 0 aliphatic rings. The molecule has 18 heavy (non-hydrogen) atoms. The van der Waals surface area contributed by atoms with Crippen molar-refractivity contribution in [3.8, 4) is 0 Å². The van der Waals surface area contributed by atoms with Gasteiger partial charge >= 0.3 is 6.03 Å². The van der Waals surface area contributed by atoms with Crippen LogP contribution in [0.25, 0.3) is 0 Å². The summed E-state index contributed by atoms with van der Waals surface area (Å²) >= 11 is 0. The SMILES string of the molecule is CCC(C)NC(=O)Nc1ccc(S(N)(=O)=O)cc1. The Morgan fingerprint density at radius 1 is 1.33 bits per heavy atom. The van der Waals surface area contributed by atoms with Crippen molar-refractivity contribution in [2.24, 2.45) is 5.14 Å². The number of primary sulfonamides is 1. The summed E-state index contributed by atoms with van der Waals surface area (Å²) in [6, 6.07) is 5.40. The van der Waals surface area contributed by atoms with E-state index in [4.69, 9.17) is 5.14 Å². The molecule has 0 spiro atoms. The Labute approximate surface area is 107 Å². The molecule has 1 atom stereocenters. The molecule has 0 fully saturated rings. The summed E-state index contributed by atoms with van der Waals surface area (Å²) in [6.45, 7) is 3.86. The van der Waals surface area contributed by atoms with E-state index in [-0.39, 0.29) is 17.0 Å². The highest BCUT2D eigenvalue weighted by Gasteiger charge is 2.08. The van der Waals surface area contributed by atoms with E-state index in [0.717, 1.165) is 6.42 Å². The van der Waals surface area contributed by atoms with Crippen molar-refractivity contribution in [3.63, 3.8) is 0 Å². The average Bonchev–Trinajstić information content (AvgIpc) is 2.28. The van der Waals surface area contributed by atoms with Crippen molar-refractivity contribution in [2.75, 3.05) is 5.32 Å². The molecular formula is C11H17N3O3S. The number of amides is 2. The van der Waals surface area contributed by atoms with E-state index >= 15 is 0 Å². The molecule has 1 unspecified atom stereocenters. The fourth-order valence-corrected chi connectivity index (χ4v) is 1.74. The molecule has 0 bridgehead atoms. The summed E-state index contributed by atoms with van der Waals surface area (Å²) in [5.41, 5.74) is 0.503. The minimum absolute atomic E-state index is 0.00962. The fraction of sp³-hybridized carbons (Fsp3) is 0.364. The van der Waals surface area contributed by atoms with Gasteiger partial charge in [0.15, 0.2) is 0 Å². The van der Waals surface area contributed by atoms with Gasteiger partial charge in [0, 0.05) is 11.7 Å². The van der Waals surface area contributed by atoms with Gasteiger partial charge < -0.3 is 10.6 Å². The summed E-state index contributed by atoms with van der Waals surface area (Å²) < 4.78 is 22.1. The number of urea groups is 1. The number of sulfonamides is 1. The summed E-state index contributed by atoms with van der Waals surface area (Å²) in [5, 5.41) is 10.3. The second-order valence-electron chi connectivity index (χ2n) is 3.98. The van der Waals surface area contributed by atoms with E-state index in [1.54, 1.807) is 0 Å². The molecule has 0 aromatic heterocycles. The molecule has 1 aromatic rings. The van der Waals surface area contributed by atoms with Crippen LogP contribution in [0.4, 0.5) is 10.5 Å². The first kappa shape index (κ1) is 14.5. The molecule has 100 valence electrons. The molecule has 2 amide bonds. The molecular weight excluding hydrogens is 254 g/mol. The molecule has 0 radical (unpaired) electrons. The number of carbonyl (C=O) groups excluding carboxylic acids is 1. The van der Waals surface area contributed by atoms with E-state index in [1.165, 1.54) is 24.3 Å². The molecule has 0 saturated carbocycles. The maximum atomic E-state index is 11.5. The van der Waals surface area contributed by atoms with Crippen LogP contribution in [0.2, 0.25) is 0 Å². The Bertz CT molecular complexity index is 511. The molecule has 0 saturated heterocycles. The van der Waals surface area contributed by atoms with Crippen LogP contribution >= 0.6 is 0 Å². The van der Waals surface area contributed by atoms with Crippen LogP contribution in [-0.2, 0) is 10.0 Å². The Balaban J connectivity index is 2.67. The van der Waals surface area contributed by atoms with Gasteiger partial charge in [0.2, 0.25) is 10.0 Å². The maximum absolute atomic E-state index is 11.5. The van der Waals surface area contributed by atoms with Gasteiger partial charge in [-0.1, -0.05) is 6.92 Å². The topological polar surface area (TPSA) is 101 Å². The van der Waals surface area contributed by atoms with Crippen molar-refractivity contribution < 1.29 is 13.2 Å². The summed E-state index contributed by atoms with van der Waals surface area (Å²) in [4.78, 5) is 11.5. The normalized spacial score (nSPS) is 12.8. The summed E-state index contributed by atoms with van der Waals surface area (Å²) in [5.74, 6) is 0. The maximum Gasteiger partial charge on any atom is 0.319 e. The van der Waals surface area contributed by atoms with E-state index in [1.807, 2.05) is 13.8 Å². The van der Waals surface area contributed by atoms with Crippen molar-refractivity contribution in [3.05, 3.63) is 24.3 Å². The summed E-state index contributed by atoms with van der Waals surface area (Å²) in [6.07, 6.45) is 0.831. The average molecular weight is 271 g/mol. The van der Waals surface area contributed by atoms with Gasteiger partial charge in [-0.05, 0) is 37.6 Å². The third-order valence-electron chi connectivity index (χ3n) is 2.43. The van der Waals surface area contributed by atoms with Crippen LogP contribution in [0.15, 0.2) is 29.2 Å². The largest absolute Gasteiger partial charge is 0.335 e. The lowest BCUT2D eigenvalue weighted by atomic mass is 10.3. The third-order valence-corrected chi connectivity index (χ3v) is 3.36. The lowest BCUT2D eigenvalue weighted by Gasteiger charge is -2.12. The number of nitrogens with one attached hydrogen (secondary N) is 2. The molecule has 4 N–H and O–H groups in total. The van der Waals surface area contributed by atoms with E-state index in [9.17, 15) is 13.2 Å². The lowest BCUT2D eigenvalue weighted by Crippen LogP contribution is -2.35. The molecule has 6 nitrogen and oxygen atoms in total. The minimum Gasteiger partial charge on any atom is -0.335 e. The first-order valence-electron chi connectivity index (χ1n) is 5.53. The van der Waals surface area contributed by atoms with Gasteiger partial charge in [-0.15, -0.1) is 0 Å². The second-order valence-corrected chi connectivity index (χ2v) is 5.54. The first-order valence-corrected chi connectivity index (χ1v) is 7.08. The lowest BCUT2D eigenvalue weighted by molar-refractivity contribution is 0.249. The Morgan fingerprint density at radius 2 is 1.89 bits per heavy atom. The fourth-order valence-electron chi connectivity index (χ4n) is 1.22. The van der Waals surface area contributed by atoms with Crippen LogP contribution in [0.3, 0.4) is 0 Å². The van der Waals surface area contributed by atoms with Gasteiger partial charge in [-0.3, -0.25) is 0 Å². The molecule has 1 rings (SSSR count). The quantitative estimate of drug-likeness (QED) is 0.768. The zero-order chi connectivity index (χ0) is 13.8. The van der Waals surface area contributed by atoms with E-state index < -0.39 is 10.0 Å². The van der Waals surface area contributed by atoms with Crippen molar-refractivity contribution in [1.82, 2.24) is 5.32 Å². The van der Waals surface area contributed by atoms with Crippen LogP contribution in [-0.4, -0.2) is 20.5 Å². The van der Waals surface area contributed by atoms with Crippen molar-refractivity contribution >= 4 is 21.7 Å². The molecule has 7 heteroatoms. The third kappa shape index (κ3) is 4.34. The zero-order valence-corrected chi connectivity index (χ0v) is 11.1. The minimum atomic E-state index is -3.70. The van der Waals surface area contributed by atoms with Gasteiger partial charge in [0.05, 0.1) is 4.90 Å². The Kier molecular flexibility index (Phi) is 4.69. The van der Waals surface area contributed by atoms with Gasteiger partial charge in [-0.25, -0.2) is 18.4 Å². The van der Waals surface area contributed by atoms with E-state index in [0.29, 0.717) is 5.69 Å². The van der Waals surface area contributed by atoms with Gasteiger partial charge in [0.25, 0.3) is 0 Å². The molecule has 0 aliphatic carbocycles. The highest BCUT2D eigenvalue weighted by atomic mass is 32.2. The number of benzene rings is 1. The number of nitrogens with two attached hydrogens (primary N) is 1. The Hall–Kier alpha value is -1.60. The Morgan fingerprint density at radius 3 is 2.33 bits per heavy atom. The van der Waals surface area contributed by atoms with Crippen LogP contribution < -0.4 is 15.8 Å². The molecule has 0 heterocycles. The van der Waals surface area contributed by atoms with E-state index in [2.05, 4.69) is 10.6 Å².